The zero-order valence-electron chi connectivity index (χ0n) is 16.9. The fraction of sp³-hybridized carbons (Fsp3) is 0.286. The minimum absolute atomic E-state index is 0.0259. The van der Waals surface area contributed by atoms with Crippen molar-refractivity contribution in [2.75, 3.05) is 0 Å². The lowest BCUT2D eigenvalue weighted by Crippen LogP contribution is -2.42. The summed E-state index contributed by atoms with van der Waals surface area (Å²) in [4.78, 5) is 16.5. The molecule has 9 nitrogen and oxygen atoms in total. The number of thioether (sulfide) groups is 1. The Bertz CT molecular complexity index is 1250. The summed E-state index contributed by atoms with van der Waals surface area (Å²) in [5.74, 6) is -0.263. The van der Waals surface area contributed by atoms with E-state index in [1.54, 1.807) is 18.2 Å². The largest absolute Gasteiger partial charge is 0.506 e. The summed E-state index contributed by atoms with van der Waals surface area (Å²) in [6.07, 6.45) is 13.8. The van der Waals surface area contributed by atoms with E-state index in [2.05, 4.69) is 25.2 Å². The van der Waals surface area contributed by atoms with Crippen LogP contribution in [0, 0.1) is 5.92 Å². The van der Waals surface area contributed by atoms with Crippen molar-refractivity contribution in [3.05, 3.63) is 75.2 Å². The number of rotatable bonds is 5. The predicted molar refractivity (Wildman–Crippen MR) is 119 cm³/mol. The average molecular weight is 472 g/mol. The van der Waals surface area contributed by atoms with Gasteiger partial charge in [-0.15, -0.1) is 0 Å². The molecule has 3 aliphatic carbocycles. The first-order valence-electron chi connectivity index (χ1n) is 10.2. The monoisotopic (exact) mass is 471 g/mol. The SMILES string of the molecule is O=C1CCC2=C(CCC(S(=O)(=O)NC3C=C(Sc4ncn[nH]4)C(O)=C4C=CC=CC43)=C2)N1. The zero-order valence-corrected chi connectivity index (χ0v) is 18.5. The van der Waals surface area contributed by atoms with Gasteiger partial charge in [-0.25, -0.2) is 18.1 Å². The number of carbonyl (C=O) groups is 1. The van der Waals surface area contributed by atoms with Gasteiger partial charge in [0.25, 0.3) is 0 Å². The van der Waals surface area contributed by atoms with Crippen LogP contribution in [0.5, 0.6) is 0 Å². The van der Waals surface area contributed by atoms with E-state index in [0.717, 1.165) is 11.3 Å². The van der Waals surface area contributed by atoms with Gasteiger partial charge < -0.3 is 10.4 Å². The maximum Gasteiger partial charge on any atom is 0.237 e. The molecule has 0 fully saturated rings. The Balaban J connectivity index is 1.44. The van der Waals surface area contributed by atoms with Gasteiger partial charge in [-0.2, -0.15) is 5.10 Å². The second-order valence-electron chi connectivity index (χ2n) is 7.81. The van der Waals surface area contributed by atoms with Gasteiger partial charge in [0, 0.05) is 23.6 Å². The van der Waals surface area contributed by atoms with E-state index < -0.39 is 16.1 Å². The van der Waals surface area contributed by atoms with E-state index in [1.807, 2.05) is 18.2 Å². The number of H-pyrrole nitrogens is 1. The van der Waals surface area contributed by atoms with Crippen LogP contribution >= 0.6 is 11.8 Å². The van der Waals surface area contributed by atoms with Gasteiger partial charge in [0.1, 0.15) is 12.1 Å². The third-order valence-electron chi connectivity index (χ3n) is 5.78. The summed E-state index contributed by atoms with van der Waals surface area (Å²) >= 11 is 1.18. The van der Waals surface area contributed by atoms with Crippen molar-refractivity contribution < 1.29 is 18.3 Å². The molecule has 1 aromatic rings. The first-order valence-corrected chi connectivity index (χ1v) is 12.5. The molecule has 4 aliphatic rings. The quantitative estimate of drug-likeness (QED) is 0.518. The van der Waals surface area contributed by atoms with E-state index in [9.17, 15) is 18.3 Å². The maximum atomic E-state index is 13.3. The molecule has 0 aromatic carbocycles. The van der Waals surface area contributed by atoms with Crippen molar-refractivity contribution in [1.29, 1.82) is 0 Å². The summed E-state index contributed by atoms with van der Waals surface area (Å²) in [5.41, 5.74) is 2.33. The number of fused-ring (bicyclic) bond motifs is 1. The van der Waals surface area contributed by atoms with Gasteiger partial charge in [0.05, 0.1) is 15.9 Å². The molecule has 11 heteroatoms. The minimum Gasteiger partial charge on any atom is -0.506 e. The first-order chi connectivity index (χ1) is 15.4. The smallest absolute Gasteiger partial charge is 0.237 e. The van der Waals surface area contributed by atoms with Crippen LogP contribution in [-0.4, -0.2) is 40.7 Å². The van der Waals surface area contributed by atoms with Gasteiger partial charge in [0.15, 0.2) is 5.16 Å². The molecular formula is C21H21N5O4S2. The van der Waals surface area contributed by atoms with Crippen LogP contribution < -0.4 is 10.0 Å². The van der Waals surface area contributed by atoms with Gasteiger partial charge >= 0.3 is 0 Å². The van der Waals surface area contributed by atoms with Crippen molar-refractivity contribution in [3.8, 4) is 0 Å². The van der Waals surface area contributed by atoms with Crippen molar-refractivity contribution in [3.63, 3.8) is 0 Å². The highest BCUT2D eigenvalue weighted by molar-refractivity contribution is 8.03. The number of carbonyl (C=O) groups excluding carboxylic acids is 1. The molecule has 1 aliphatic heterocycles. The molecule has 166 valence electrons. The lowest BCUT2D eigenvalue weighted by atomic mass is 9.84. The summed E-state index contributed by atoms with van der Waals surface area (Å²) in [6, 6.07) is -0.583. The molecule has 4 N–H and O–H groups in total. The Kier molecular flexibility index (Phi) is 5.39. The first kappa shape index (κ1) is 21.0. The molecule has 0 bridgehead atoms. The lowest BCUT2D eigenvalue weighted by Gasteiger charge is -2.32. The van der Waals surface area contributed by atoms with Crippen molar-refractivity contribution in [2.45, 2.75) is 36.9 Å². The van der Waals surface area contributed by atoms with Crippen LogP contribution in [0.4, 0.5) is 0 Å². The molecule has 2 unspecified atom stereocenters. The van der Waals surface area contributed by atoms with Crippen molar-refractivity contribution in [1.82, 2.24) is 25.2 Å². The van der Waals surface area contributed by atoms with Crippen molar-refractivity contribution >= 4 is 27.7 Å². The minimum atomic E-state index is -3.79. The molecule has 1 aromatic heterocycles. The van der Waals surface area contributed by atoms with Crippen LogP contribution in [-0.2, 0) is 14.8 Å². The number of hydrogen-bond donors (Lipinski definition) is 4. The maximum absolute atomic E-state index is 13.3. The Morgan fingerprint density at radius 3 is 2.88 bits per heavy atom. The Labute approximate surface area is 189 Å². The number of nitrogens with zero attached hydrogens (tertiary/aromatic N) is 2. The van der Waals surface area contributed by atoms with Crippen LogP contribution in [0.2, 0.25) is 0 Å². The summed E-state index contributed by atoms with van der Waals surface area (Å²) in [6.45, 7) is 0. The molecule has 0 radical (unpaired) electrons. The summed E-state index contributed by atoms with van der Waals surface area (Å²) < 4.78 is 29.4. The second kappa shape index (κ2) is 8.23. The molecule has 0 spiro atoms. The van der Waals surface area contributed by atoms with Gasteiger partial charge in [-0.3, -0.25) is 9.89 Å². The number of hydrogen-bond acceptors (Lipinski definition) is 7. The molecule has 5 rings (SSSR count). The third-order valence-corrected chi connectivity index (χ3v) is 8.32. The number of nitrogens with one attached hydrogen (secondary N) is 3. The van der Waals surface area contributed by atoms with E-state index in [0.29, 0.717) is 46.2 Å². The van der Waals surface area contributed by atoms with Crippen LogP contribution in [0.25, 0.3) is 0 Å². The van der Waals surface area contributed by atoms with Crippen LogP contribution in [0.1, 0.15) is 25.7 Å². The van der Waals surface area contributed by atoms with Gasteiger partial charge in [-0.1, -0.05) is 24.3 Å². The Morgan fingerprint density at radius 2 is 2.06 bits per heavy atom. The number of aliphatic hydroxyl groups is 1. The number of amides is 1. The second-order valence-corrected chi connectivity index (χ2v) is 10.6. The highest BCUT2D eigenvalue weighted by Gasteiger charge is 2.35. The van der Waals surface area contributed by atoms with Gasteiger partial charge in [-0.05, 0) is 48.7 Å². The van der Waals surface area contributed by atoms with E-state index >= 15 is 0 Å². The Hall–Kier alpha value is -2.89. The van der Waals surface area contributed by atoms with E-state index in [4.69, 9.17) is 0 Å². The van der Waals surface area contributed by atoms with Crippen LogP contribution in [0.15, 0.2) is 80.4 Å². The third kappa shape index (κ3) is 3.98. The van der Waals surface area contributed by atoms with Crippen molar-refractivity contribution in [2.24, 2.45) is 5.92 Å². The molecule has 0 saturated heterocycles. The average Bonchev–Trinajstić information content (AvgIpc) is 3.29. The standard InChI is InChI=1S/C21H21N5O4S2/c27-19-8-5-12-9-13(6-7-16(12)24-19)32(29,30)26-17-10-18(31-21-22-11-23-25-21)20(28)15-4-2-1-3-14(15)17/h1-4,9-11,14,17,26,28H,5-8H2,(H,24,27)(H,22,23,25). The number of aromatic nitrogens is 3. The molecule has 2 heterocycles. The van der Waals surface area contributed by atoms with E-state index in [-0.39, 0.29) is 17.6 Å². The normalized spacial score (nSPS) is 25.2. The molecular weight excluding hydrogens is 450 g/mol. The number of aromatic amines is 1. The fourth-order valence-corrected chi connectivity index (χ4v) is 6.44. The zero-order chi connectivity index (χ0) is 22.3. The predicted octanol–water partition coefficient (Wildman–Crippen LogP) is 2.48. The molecule has 0 saturated carbocycles. The topological polar surface area (TPSA) is 137 Å². The lowest BCUT2D eigenvalue weighted by molar-refractivity contribution is -0.120. The summed E-state index contributed by atoms with van der Waals surface area (Å²) in [7, 11) is -3.79. The highest BCUT2D eigenvalue weighted by Crippen LogP contribution is 2.40. The number of allylic oxidation sites excluding steroid dienone is 7. The molecule has 32 heavy (non-hydrogen) atoms. The van der Waals surface area contributed by atoms with Crippen LogP contribution in [0.3, 0.4) is 0 Å². The Morgan fingerprint density at radius 1 is 1.19 bits per heavy atom. The van der Waals surface area contributed by atoms with E-state index in [1.165, 1.54) is 18.1 Å². The fourth-order valence-electron chi connectivity index (χ4n) is 4.21. The molecule has 1 amide bonds. The highest BCUT2D eigenvalue weighted by atomic mass is 32.2. The summed E-state index contributed by atoms with van der Waals surface area (Å²) in [5, 5.41) is 20.7. The number of aliphatic hydroxyl groups excluding tert-OH is 1. The van der Waals surface area contributed by atoms with Gasteiger partial charge in [0.2, 0.25) is 15.9 Å². The number of sulfonamides is 1. The molecule has 2 atom stereocenters.